The lowest BCUT2D eigenvalue weighted by Gasteiger charge is -2.38. The van der Waals surface area contributed by atoms with Gasteiger partial charge in [-0.15, -0.1) is 0 Å². The summed E-state index contributed by atoms with van der Waals surface area (Å²) in [7, 11) is -1.15. The zero-order valence-corrected chi connectivity index (χ0v) is 12.1. The van der Waals surface area contributed by atoms with E-state index in [0.29, 0.717) is 11.6 Å². The van der Waals surface area contributed by atoms with Crippen molar-refractivity contribution in [2.24, 2.45) is 0 Å². The smallest absolute Gasteiger partial charge is 0.473 e. The van der Waals surface area contributed by atoms with E-state index in [1.807, 2.05) is 6.07 Å². The molecular weight excluding hydrogens is 243 g/mol. The summed E-state index contributed by atoms with van der Waals surface area (Å²) in [5.41, 5.74) is -0.430. The topological polar surface area (TPSA) is 62.8 Å². The molecule has 19 heavy (non-hydrogen) atoms. The quantitative estimate of drug-likeness (QED) is 0.798. The van der Waals surface area contributed by atoms with E-state index in [0.717, 1.165) is 18.4 Å². The largest absolute Gasteiger partial charge is 0.529 e. The van der Waals surface area contributed by atoms with Crippen molar-refractivity contribution in [3.63, 3.8) is 0 Å². The summed E-state index contributed by atoms with van der Waals surface area (Å²) in [5.74, 6) is 0.470. The number of aliphatic hydroxyl groups is 1. The van der Waals surface area contributed by atoms with Crippen molar-refractivity contribution in [1.29, 1.82) is 0 Å². The Balaban J connectivity index is 2.12. The van der Waals surface area contributed by atoms with Gasteiger partial charge >= 0.3 is 7.12 Å². The fourth-order valence-electron chi connectivity index (χ4n) is 2.06. The van der Waals surface area contributed by atoms with Crippen LogP contribution in [0.1, 0.15) is 58.4 Å². The molecule has 2 rings (SSSR count). The molecule has 1 aliphatic carbocycles. The fraction of sp³-hybridized carbons (Fsp3) is 0.714. The van der Waals surface area contributed by atoms with Crippen molar-refractivity contribution < 1.29 is 19.2 Å². The van der Waals surface area contributed by atoms with Crippen LogP contribution in [-0.2, 0) is 4.65 Å². The Labute approximate surface area is 114 Å². The molecule has 0 bridgehead atoms. The molecule has 0 amide bonds. The summed E-state index contributed by atoms with van der Waals surface area (Å²) in [5, 5.41) is 20.3. The molecule has 0 spiro atoms. The van der Waals surface area contributed by atoms with E-state index in [9.17, 15) is 10.1 Å². The third-order valence-electron chi connectivity index (χ3n) is 4.38. The maximum absolute atomic E-state index is 10.2. The van der Waals surface area contributed by atoms with Gasteiger partial charge in [0.25, 0.3) is 0 Å². The third-order valence-corrected chi connectivity index (χ3v) is 4.38. The monoisotopic (exact) mass is 266 g/mol. The fourth-order valence-corrected chi connectivity index (χ4v) is 2.06. The van der Waals surface area contributed by atoms with Gasteiger partial charge in [-0.05, 0) is 58.1 Å². The third kappa shape index (κ3) is 2.88. The highest BCUT2D eigenvalue weighted by atomic mass is 16.6. The second-order valence-electron chi connectivity index (χ2n) is 6.41. The SMILES string of the molecule is CC(C)(O)C(C)(C)OB(O)c1occc1C1CCC1. The molecule has 2 N–H and O–H groups in total. The van der Waals surface area contributed by atoms with Crippen LogP contribution in [0.3, 0.4) is 0 Å². The first-order valence-corrected chi connectivity index (χ1v) is 6.88. The molecule has 1 saturated carbocycles. The van der Waals surface area contributed by atoms with Gasteiger partial charge in [-0.2, -0.15) is 0 Å². The van der Waals surface area contributed by atoms with Crippen LogP contribution in [0.4, 0.5) is 0 Å². The van der Waals surface area contributed by atoms with E-state index >= 15 is 0 Å². The average Bonchev–Trinajstić information content (AvgIpc) is 2.61. The number of hydrogen-bond acceptors (Lipinski definition) is 4. The van der Waals surface area contributed by atoms with E-state index in [-0.39, 0.29) is 0 Å². The molecular formula is C14H23BO4. The van der Waals surface area contributed by atoms with Gasteiger partial charge in [0, 0.05) is 0 Å². The van der Waals surface area contributed by atoms with Gasteiger partial charge < -0.3 is 19.2 Å². The van der Waals surface area contributed by atoms with Crippen molar-refractivity contribution in [2.45, 2.75) is 64.1 Å². The molecule has 0 radical (unpaired) electrons. The second-order valence-corrected chi connectivity index (χ2v) is 6.41. The van der Waals surface area contributed by atoms with Gasteiger partial charge in [0.15, 0.2) is 0 Å². The predicted molar refractivity (Wildman–Crippen MR) is 74.4 cm³/mol. The van der Waals surface area contributed by atoms with E-state index in [1.165, 1.54) is 6.42 Å². The summed E-state index contributed by atoms with van der Waals surface area (Å²) in [6.07, 6.45) is 5.08. The average molecular weight is 266 g/mol. The van der Waals surface area contributed by atoms with Crippen molar-refractivity contribution in [3.05, 3.63) is 17.9 Å². The molecule has 0 saturated heterocycles. The first kappa shape index (κ1) is 14.6. The number of rotatable bonds is 5. The Morgan fingerprint density at radius 2 is 1.95 bits per heavy atom. The molecule has 0 unspecified atom stereocenters. The Morgan fingerprint density at radius 3 is 2.42 bits per heavy atom. The zero-order chi connectivity index (χ0) is 14.3. The molecule has 0 atom stereocenters. The normalized spacial score (nSPS) is 17.4. The van der Waals surface area contributed by atoms with E-state index < -0.39 is 18.3 Å². The summed E-state index contributed by atoms with van der Waals surface area (Å²) in [6, 6.07) is 1.91. The van der Waals surface area contributed by atoms with Crippen molar-refractivity contribution in [1.82, 2.24) is 0 Å². The van der Waals surface area contributed by atoms with E-state index in [1.54, 1.807) is 34.0 Å². The molecule has 1 aliphatic rings. The summed E-state index contributed by atoms with van der Waals surface area (Å²) in [4.78, 5) is 0. The number of hydrogen-bond donors (Lipinski definition) is 2. The minimum Gasteiger partial charge on any atom is -0.473 e. The van der Waals surface area contributed by atoms with Gasteiger partial charge in [-0.25, -0.2) is 0 Å². The highest BCUT2D eigenvalue weighted by molar-refractivity contribution is 6.59. The van der Waals surface area contributed by atoms with Gasteiger partial charge in [-0.3, -0.25) is 0 Å². The summed E-state index contributed by atoms with van der Waals surface area (Å²) >= 11 is 0. The van der Waals surface area contributed by atoms with Crippen LogP contribution >= 0.6 is 0 Å². The van der Waals surface area contributed by atoms with Crippen LogP contribution in [0.2, 0.25) is 0 Å². The summed E-state index contributed by atoms with van der Waals surface area (Å²) in [6.45, 7) is 6.83. The maximum Gasteiger partial charge on any atom is 0.529 e. The highest BCUT2D eigenvalue weighted by Crippen LogP contribution is 2.36. The Hall–Kier alpha value is -0.775. The second kappa shape index (κ2) is 4.96. The molecule has 5 heteroatoms. The van der Waals surface area contributed by atoms with Gasteiger partial charge in [-0.1, -0.05) is 6.42 Å². The van der Waals surface area contributed by atoms with Crippen molar-refractivity contribution in [3.8, 4) is 0 Å². The lowest BCUT2D eigenvalue weighted by Crippen LogP contribution is -2.53. The molecule has 0 aliphatic heterocycles. The standard InChI is InChI=1S/C14H23BO4/c1-13(2,16)14(3,4)19-15(17)12-11(8-9-18-12)10-6-5-7-10/h8-10,16-17H,5-7H2,1-4H3. The van der Waals surface area contributed by atoms with Gasteiger partial charge in [0.05, 0.1) is 17.5 Å². The number of furan rings is 1. The predicted octanol–water partition coefficient (Wildman–Crippen LogP) is 1.80. The van der Waals surface area contributed by atoms with Gasteiger partial charge in [0.1, 0.15) is 5.66 Å². The molecule has 1 aromatic rings. The molecule has 4 nitrogen and oxygen atoms in total. The van der Waals surface area contributed by atoms with E-state index in [2.05, 4.69) is 0 Å². The molecule has 106 valence electrons. The van der Waals surface area contributed by atoms with Crippen molar-refractivity contribution in [2.75, 3.05) is 0 Å². The van der Waals surface area contributed by atoms with Crippen LogP contribution in [0.25, 0.3) is 0 Å². The summed E-state index contributed by atoms with van der Waals surface area (Å²) < 4.78 is 11.0. The Morgan fingerprint density at radius 1 is 1.32 bits per heavy atom. The molecule has 1 fully saturated rings. The van der Waals surface area contributed by atoms with Crippen LogP contribution < -0.4 is 5.66 Å². The van der Waals surface area contributed by atoms with Crippen LogP contribution in [0.5, 0.6) is 0 Å². The van der Waals surface area contributed by atoms with Crippen molar-refractivity contribution >= 4 is 12.8 Å². The Kier molecular flexibility index (Phi) is 3.82. The van der Waals surface area contributed by atoms with Crippen LogP contribution in [-0.4, -0.2) is 28.5 Å². The van der Waals surface area contributed by atoms with E-state index in [4.69, 9.17) is 9.07 Å². The minimum atomic E-state index is -1.15. The Bertz CT molecular complexity index is 429. The lowest BCUT2D eigenvalue weighted by atomic mass is 9.72. The maximum atomic E-state index is 10.2. The minimum absolute atomic E-state index is 0.470. The molecule has 1 heterocycles. The molecule has 1 aromatic heterocycles. The highest BCUT2D eigenvalue weighted by Gasteiger charge is 2.42. The molecule has 0 aromatic carbocycles. The van der Waals surface area contributed by atoms with Gasteiger partial charge in [0.2, 0.25) is 0 Å². The first-order valence-electron chi connectivity index (χ1n) is 6.88. The van der Waals surface area contributed by atoms with Crippen LogP contribution in [0.15, 0.2) is 16.7 Å². The first-order chi connectivity index (χ1) is 8.72. The lowest BCUT2D eigenvalue weighted by molar-refractivity contribution is -0.0986. The van der Waals surface area contributed by atoms with Crippen LogP contribution in [0, 0.1) is 0 Å². The zero-order valence-electron chi connectivity index (χ0n) is 12.1.